The van der Waals surface area contributed by atoms with E-state index in [2.05, 4.69) is 10.5 Å². The summed E-state index contributed by atoms with van der Waals surface area (Å²) in [5.41, 5.74) is 4.07. The molecule has 4 aliphatic rings. The van der Waals surface area contributed by atoms with Crippen molar-refractivity contribution < 1.29 is 14.6 Å². The fourth-order valence-electron chi connectivity index (χ4n) is 6.02. The molecule has 4 saturated carbocycles. The summed E-state index contributed by atoms with van der Waals surface area (Å²) in [5.74, 6) is 3.29. The van der Waals surface area contributed by atoms with Crippen LogP contribution in [-0.4, -0.2) is 23.8 Å². The van der Waals surface area contributed by atoms with Crippen LogP contribution in [0.3, 0.4) is 0 Å². The summed E-state index contributed by atoms with van der Waals surface area (Å²) >= 11 is 0. The van der Waals surface area contributed by atoms with Crippen molar-refractivity contribution in [2.24, 2.45) is 28.3 Å². The molecule has 1 aromatic carbocycles. The lowest BCUT2D eigenvalue weighted by atomic mass is 9.49. The van der Waals surface area contributed by atoms with E-state index in [1.807, 2.05) is 0 Å². The quantitative estimate of drug-likeness (QED) is 0.622. The topological polar surface area (TPSA) is 70.9 Å². The van der Waals surface area contributed by atoms with Crippen molar-refractivity contribution in [1.82, 2.24) is 5.43 Å². The van der Waals surface area contributed by atoms with E-state index in [0.717, 1.165) is 17.8 Å². The normalized spacial score (nSPS) is 32.5. The number of carbonyl (C=O) groups is 1. The first-order valence-electron chi connectivity index (χ1n) is 9.67. The zero-order valence-corrected chi connectivity index (χ0v) is 15.6. The zero-order valence-electron chi connectivity index (χ0n) is 15.6. The molecule has 1 aromatic rings. The number of hydrogen-bond acceptors (Lipinski definition) is 4. The van der Waals surface area contributed by atoms with Gasteiger partial charge in [0, 0.05) is 12.0 Å². The number of benzene rings is 1. The van der Waals surface area contributed by atoms with Gasteiger partial charge in [-0.3, -0.25) is 4.79 Å². The summed E-state index contributed by atoms with van der Waals surface area (Å²) in [6.45, 7) is 1.78. The predicted molar refractivity (Wildman–Crippen MR) is 100 cm³/mol. The summed E-state index contributed by atoms with van der Waals surface area (Å²) in [7, 11) is 1.58. The zero-order chi connectivity index (χ0) is 18.3. The smallest absolute Gasteiger partial charge is 0.240 e. The molecule has 26 heavy (non-hydrogen) atoms. The number of aromatic hydroxyl groups is 1. The van der Waals surface area contributed by atoms with Crippen LogP contribution >= 0.6 is 0 Å². The van der Waals surface area contributed by atoms with Crippen molar-refractivity contribution in [1.29, 1.82) is 0 Å². The van der Waals surface area contributed by atoms with Crippen molar-refractivity contribution in [3.8, 4) is 11.5 Å². The third-order valence-corrected chi connectivity index (χ3v) is 6.64. The second-order valence-electron chi connectivity index (χ2n) is 8.71. The van der Waals surface area contributed by atoms with Crippen LogP contribution in [0.5, 0.6) is 11.5 Å². The van der Waals surface area contributed by atoms with Crippen LogP contribution in [-0.2, 0) is 4.79 Å². The molecule has 5 rings (SSSR count). The van der Waals surface area contributed by atoms with Crippen molar-refractivity contribution in [2.45, 2.75) is 51.9 Å². The Hall–Kier alpha value is -2.04. The van der Waals surface area contributed by atoms with E-state index < -0.39 is 0 Å². The molecule has 0 spiro atoms. The highest BCUT2D eigenvalue weighted by Gasteiger charge is 2.51. The van der Waals surface area contributed by atoms with E-state index in [9.17, 15) is 9.90 Å². The van der Waals surface area contributed by atoms with Gasteiger partial charge < -0.3 is 9.84 Å². The number of rotatable bonds is 5. The SMILES string of the molecule is COc1ccc(O)c(/C(C)=N/NC(=O)CC23CC4CC(CC(C4)C2)C3)c1. The van der Waals surface area contributed by atoms with Crippen molar-refractivity contribution in [3.05, 3.63) is 23.8 Å². The second kappa shape index (κ2) is 6.60. The lowest BCUT2D eigenvalue weighted by Crippen LogP contribution is -2.47. The molecular formula is C21H28N2O3. The van der Waals surface area contributed by atoms with Gasteiger partial charge in [-0.2, -0.15) is 5.10 Å². The Kier molecular flexibility index (Phi) is 4.41. The fourth-order valence-corrected chi connectivity index (χ4v) is 6.02. The molecule has 4 bridgehead atoms. The number of nitrogens with zero attached hydrogens (tertiary/aromatic N) is 1. The van der Waals surface area contributed by atoms with Gasteiger partial charge in [0.05, 0.1) is 12.8 Å². The number of hydrogen-bond donors (Lipinski definition) is 2. The van der Waals surface area contributed by atoms with E-state index in [1.54, 1.807) is 32.2 Å². The molecular weight excluding hydrogens is 328 g/mol. The molecule has 0 atom stereocenters. The van der Waals surface area contributed by atoms with Crippen molar-refractivity contribution >= 4 is 11.6 Å². The first-order valence-corrected chi connectivity index (χ1v) is 9.67. The number of carbonyl (C=O) groups excluding carboxylic acids is 1. The summed E-state index contributed by atoms with van der Waals surface area (Å²) < 4.78 is 5.19. The van der Waals surface area contributed by atoms with Crippen LogP contribution in [0.25, 0.3) is 0 Å². The molecule has 5 heteroatoms. The van der Waals surface area contributed by atoms with E-state index in [1.165, 1.54) is 38.5 Å². The van der Waals surface area contributed by atoms with E-state index >= 15 is 0 Å². The Balaban J connectivity index is 1.42. The van der Waals surface area contributed by atoms with Gasteiger partial charge in [0.1, 0.15) is 11.5 Å². The lowest BCUT2D eigenvalue weighted by Gasteiger charge is -2.56. The van der Waals surface area contributed by atoms with Crippen LogP contribution in [0.15, 0.2) is 23.3 Å². The monoisotopic (exact) mass is 356 g/mol. The van der Waals surface area contributed by atoms with E-state index in [-0.39, 0.29) is 17.1 Å². The van der Waals surface area contributed by atoms with Gasteiger partial charge in [-0.15, -0.1) is 0 Å². The number of ether oxygens (including phenoxy) is 1. The number of methoxy groups -OCH3 is 1. The van der Waals surface area contributed by atoms with Crippen LogP contribution in [0, 0.1) is 23.2 Å². The minimum absolute atomic E-state index is 0.00585. The predicted octanol–water partition coefficient (Wildman–Crippen LogP) is 3.85. The highest BCUT2D eigenvalue weighted by molar-refractivity contribution is 6.01. The van der Waals surface area contributed by atoms with Crippen LogP contribution in [0.4, 0.5) is 0 Å². The van der Waals surface area contributed by atoms with Gasteiger partial charge >= 0.3 is 0 Å². The molecule has 0 unspecified atom stereocenters. The van der Waals surface area contributed by atoms with Gasteiger partial charge in [0.25, 0.3) is 0 Å². The van der Waals surface area contributed by atoms with Crippen LogP contribution in [0.1, 0.15) is 57.4 Å². The number of hydrazone groups is 1. The van der Waals surface area contributed by atoms with Crippen LogP contribution < -0.4 is 10.2 Å². The summed E-state index contributed by atoms with van der Waals surface area (Å²) in [6.07, 6.45) is 8.37. The average molecular weight is 356 g/mol. The molecule has 0 heterocycles. The molecule has 0 aliphatic heterocycles. The number of amides is 1. The maximum Gasteiger partial charge on any atom is 0.240 e. The largest absolute Gasteiger partial charge is 0.507 e. The number of phenolic OH excluding ortho intramolecular Hbond substituents is 1. The summed E-state index contributed by atoms with van der Waals surface area (Å²) in [6, 6.07) is 4.99. The Morgan fingerprint density at radius 3 is 2.42 bits per heavy atom. The van der Waals surface area contributed by atoms with E-state index in [0.29, 0.717) is 23.4 Å². The molecule has 5 nitrogen and oxygen atoms in total. The van der Waals surface area contributed by atoms with Crippen LogP contribution in [0.2, 0.25) is 0 Å². The van der Waals surface area contributed by atoms with Crippen molar-refractivity contribution in [2.75, 3.05) is 7.11 Å². The highest BCUT2D eigenvalue weighted by atomic mass is 16.5. The Morgan fingerprint density at radius 2 is 1.85 bits per heavy atom. The molecule has 4 fully saturated rings. The molecule has 1 amide bonds. The molecule has 0 radical (unpaired) electrons. The minimum Gasteiger partial charge on any atom is -0.507 e. The molecule has 4 aliphatic carbocycles. The second-order valence-corrected chi connectivity index (χ2v) is 8.71. The third-order valence-electron chi connectivity index (χ3n) is 6.64. The lowest BCUT2D eigenvalue weighted by molar-refractivity contribution is -0.129. The van der Waals surface area contributed by atoms with E-state index in [4.69, 9.17) is 4.74 Å². The maximum atomic E-state index is 12.6. The standard InChI is InChI=1S/C21H28N2O3/c1-13(18-8-17(26-2)3-4-19(18)24)22-23-20(25)12-21-9-14-5-15(10-21)7-16(6-14)11-21/h3-4,8,14-16,24H,5-7,9-12H2,1-2H3,(H,23,25)/b22-13+. The Bertz CT molecular complexity index is 705. The van der Waals surface area contributed by atoms with Gasteiger partial charge in [-0.1, -0.05) is 0 Å². The minimum atomic E-state index is -0.00585. The van der Waals surface area contributed by atoms with Gasteiger partial charge in [0.15, 0.2) is 0 Å². The molecule has 140 valence electrons. The van der Waals surface area contributed by atoms with Gasteiger partial charge in [-0.25, -0.2) is 5.43 Å². The summed E-state index contributed by atoms with van der Waals surface area (Å²) in [5, 5.41) is 14.3. The van der Waals surface area contributed by atoms with Crippen molar-refractivity contribution in [3.63, 3.8) is 0 Å². The Morgan fingerprint density at radius 1 is 1.23 bits per heavy atom. The average Bonchev–Trinajstić information content (AvgIpc) is 2.58. The summed E-state index contributed by atoms with van der Waals surface area (Å²) in [4.78, 5) is 12.6. The maximum absolute atomic E-state index is 12.6. The first-order chi connectivity index (χ1) is 12.5. The number of phenols is 1. The third kappa shape index (κ3) is 3.31. The number of nitrogens with one attached hydrogen (secondary N) is 1. The van der Waals surface area contributed by atoms with Gasteiger partial charge in [-0.05, 0) is 86.8 Å². The highest BCUT2D eigenvalue weighted by Crippen LogP contribution is 2.61. The van der Waals surface area contributed by atoms with Gasteiger partial charge in [0.2, 0.25) is 5.91 Å². The Labute approximate surface area is 154 Å². The first kappa shape index (κ1) is 17.4. The molecule has 2 N–H and O–H groups in total. The molecule has 0 saturated heterocycles. The molecule has 0 aromatic heterocycles. The fraction of sp³-hybridized carbons (Fsp3) is 0.619.